The maximum atomic E-state index is 15.3. The van der Waals surface area contributed by atoms with Crippen molar-refractivity contribution in [3.05, 3.63) is 195 Å². The highest BCUT2D eigenvalue weighted by Crippen LogP contribution is 2.62. The van der Waals surface area contributed by atoms with Gasteiger partial charge in [0, 0.05) is 48.4 Å². The molecule has 5 aromatic rings. The predicted octanol–water partition coefficient (Wildman–Crippen LogP) is 11.3. The van der Waals surface area contributed by atoms with Gasteiger partial charge in [0.1, 0.15) is 17.2 Å². The number of fused-ring (bicyclic) bond motifs is 3. The van der Waals surface area contributed by atoms with Crippen LogP contribution in [0.2, 0.25) is 0 Å². The highest BCUT2D eigenvalue weighted by atomic mass is 16.2. The number of hydrogen-bond donors (Lipinski definition) is 2. The van der Waals surface area contributed by atoms with Crippen LogP contribution in [0.4, 0.5) is 0 Å². The van der Waals surface area contributed by atoms with Gasteiger partial charge in [0.2, 0.25) is 11.8 Å². The molecular formula is C67H75N7O2. The van der Waals surface area contributed by atoms with Crippen molar-refractivity contribution >= 4 is 30.0 Å². The summed E-state index contributed by atoms with van der Waals surface area (Å²) in [6.07, 6.45) is 34.5. The van der Waals surface area contributed by atoms with Crippen molar-refractivity contribution in [2.45, 2.75) is 140 Å². The van der Waals surface area contributed by atoms with Gasteiger partial charge in [-0.3, -0.25) is 9.59 Å². The Balaban J connectivity index is 0.775. The van der Waals surface area contributed by atoms with E-state index in [1.165, 1.54) is 11.4 Å². The number of aromatic amines is 2. The number of benzene rings is 3. The highest BCUT2D eigenvalue weighted by molar-refractivity contribution is 5.94. The summed E-state index contributed by atoms with van der Waals surface area (Å²) in [5, 5.41) is 2.14. The van der Waals surface area contributed by atoms with Gasteiger partial charge in [-0.05, 0) is 136 Å². The Hall–Kier alpha value is -6.74. The van der Waals surface area contributed by atoms with Gasteiger partial charge in [0.05, 0.1) is 33.3 Å². The first kappa shape index (κ1) is 48.9. The lowest BCUT2D eigenvalue weighted by Crippen LogP contribution is -2.50. The Bertz CT molecular complexity index is 3300. The zero-order chi connectivity index (χ0) is 52.0. The minimum absolute atomic E-state index is 0.114. The third-order valence-electron chi connectivity index (χ3n) is 19.7. The lowest BCUT2D eigenvalue weighted by atomic mass is 9.72. The van der Waals surface area contributed by atoms with Crippen LogP contribution in [-0.2, 0) is 32.4 Å². The fourth-order valence-corrected chi connectivity index (χ4v) is 15.0. The second-order valence-electron chi connectivity index (χ2n) is 24.9. The summed E-state index contributed by atoms with van der Waals surface area (Å²) in [7, 11) is 0. The number of imidazole rings is 2. The molecule has 3 saturated heterocycles. The van der Waals surface area contributed by atoms with Gasteiger partial charge in [0.15, 0.2) is 0 Å². The Kier molecular flexibility index (Phi) is 12.1. The molecule has 2 amide bonds. The van der Waals surface area contributed by atoms with Gasteiger partial charge in [-0.1, -0.05) is 160 Å². The summed E-state index contributed by atoms with van der Waals surface area (Å²) in [6.45, 7) is 12.8. The number of hydrogen-bond acceptors (Lipinski definition) is 5. The normalized spacial score (nSPS) is 28.4. The van der Waals surface area contributed by atoms with E-state index in [0.717, 1.165) is 127 Å². The van der Waals surface area contributed by atoms with Crippen LogP contribution >= 0.6 is 0 Å². The van der Waals surface area contributed by atoms with E-state index in [2.05, 4.69) is 169 Å². The third kappa shape index (κ3) is 7.99. The van der Waals surface area contributed by atoms with E-state index < -0.39 is 16.4 Å². The number of nitrogens with one attached hydrogen (secondary N) is 2. The molecule has 9 atom stereocenters. The number of carbonyl (C=O) groups is 2. The average Bonchev–Trinajstić information content (AvgIpc) is 4.16. The monoisotopic (exact) mass is 1010 g/mol. The van der Waals surface area contributed by atoms with Crippen molar-refractivity contribution in [2.24, 2.45) is 29.1 Å². The standard InChI is InChI=1S/C67H75N7O2/c1-64(2,3)46-30-32-52(33-31-46)74-57(44-28-34-53-55(41-44)69-60(68-53)59-27-18-39-72(59)62(75)65(4,47-19-10-6-11-20-47)48-21-12-7-13-22-48)36-37-58(74)45-29-35-54-56(42-45)71-61(70-54)67-43-51(67)38-40-73(67)63(76)66(5,49-23-14-8-15-24-49)50-25-16-9-17-26-50/h6-8,10-16,19-26,28,30,32-35,42,44-46,51,57-59H,9,17-18,27,29,31,36-41,43H2,1-5H3,(H,68,69)(H,70,71)/t44?,45?,46?,51?,57-,58-,59+,66?,67?/m1/s1. The Morgan fingerprint density at radius 3 is 2.01 bits per heavy atom. The van der Waals surface area contributed by atoms with Gasteiger partial charge < -0.3 is 24.7 Å². The molecule has 2 aromatic heterocycles. The van der Waals surface area contributed by atoms with Crippen molar-refractivity contribution in [1.82, 2.24) is 34.6 Å². The van der Waals surface area contributed by atoms with Crippen molar-refractivity contribution in [3.63, 3.8) is 0 Å². The number of likely N-dealkylation sites (tertiary alicyclic amines) is 3. The molecule has 9 heteroatoms. The zero-order valence-electron chi connectivity index (χ0n) is 45.2. The van der Waals surface area contributed by atoms with Gasteiger partial charge in [0.25, 0.3) is 0 Å². The molecule has 4 fully saturated rings. The molecule has 6 unspecified atom stereocenters. The predicted molar refractivity (Wildman–Crippen MR) is 303 cm³/mol. The first-order valence-corrected chi connectivity index (χ1v) is 28.7. The largest absolute Gasteiger partial charge is 0.365 e. The van der Waals surface area contributed by atoms with E-state index in [9.17, 15) is 0 Å². The van der Waals surface area contributed by atoms with E-state index in [0.29, 0.717) is 42.3 Å². The maximum absolute atomic E-state index is 15.3. The second-order valence-corrected chi connectivity index (χ2v) is 24.9. The molecule has 0 spiro atoms. The molecule has 76 heavy (non-hydrogen) atoms. The van der Waals surface area contributed by atoms with Crippen LogP contribution in [0.3, 0.4) is 0 Å². The van der Waals surface area contributed by atoms with Crippen LogP contribution in [0, 0.1) is 29.1 Å². The molecule has 3 aliphatic heterocycles. The molecule has 8 aliphatic rings. The smallest absolute Gasteiger partial charge is 0.238 e. The van der Waals surface area contributed by atoms with Gasteiger partial charge in [-0.25, -0.2) is 9.97 Å². The Morgan fingerprint density at radius 2 is 1.37 bits per heavy atom. The number of aromatic nitrogens is 4. The minimum atomic E-state index is -0.831. The lowest BCUT2D eigenvalue weighted by molar-refractivity contribution is -0.138. The summed E-state index contributed by atoms with van der Waals surface area (Å²) in [5.41, 5.74) is 5.87. The number of nitrogens with zero attached hydrogens (tertiary/aromatic N) is 5. The first-order chi connectivity index (χ1) is 36.9. The van der Waals surface area contributed by atoms with Gasteiger partial charge in [-0.15, -0.1) is 0 Å². The Labute approximate surface area is 449 Å². The van der Waals surface area contributed by atoms with Crippen molar-refractivity contribution < 1.29 is 9.59 Å². The summed E-state index contributed by atoms with van der Waals surface area (Å²) in [5.74, 6) is 3.67. The molecule has 390 valence electrons. The molecular weight excluding hydrogens is 935 g/mol. The first-order valence-electron chi connectivity index (χ1n) is 28.7. The van der Waals surface area contributed by atoms with E-state index >= 15 is 9.59 Å². The van der Waals surface area contributed by atoms with Gasteiger partial charge in [-0.2, -0.15) is 0 Å². The molecule has 5 aliphatic carbocycles. The van der Waals surface area contributed by atoms with Crippen LogP contribution in [0.25, 0.3) is 18.2 Å². The number of allylic oxidation sites excluding steroid dienone is 6. The van der Waals surface area contributed by atoms with Gasteiger partial charge >= 0.3 is 0 Å². The molecule has 1 saturated carbocycles. The quantitative estimate of drug-likeness (QED) is 0.137. The highest BCUT2D eigenvalue weighted by Gasteiger charge is 2.68. The molecule has 9 nitrogen and oxygen atoms in total. The fraction of sp³-hybridized carbons (Fsp3) is 0.433. The molecule has 13 rings (SSSR count). The van der Waals surface area contributed by atoms with Crippen LogP contribution in [0.15, 0.2) is 145 Å². The number of piperidine rings is 1. The molecule has 3 aromatic carbocycles. The van der Waals surface area contributed by atoms with E-state index in [1.807, 2.05) is 42.5 Å². The summed E-state index contributed by atoms with van der Waals surface area (Å²) in [6, 6.07) is 31.5. The zero-order valence-corrected chi connectivity index (χ0v) is 45.2. The SMILES string of the molecule is CC(C(=O)N1CCC2CC21c1nc2c([nH]1)=CC([C@H]1CC[C@H](C3C=Cc4nc([C@@H]5CCCN5C(=O)C(C)(c5ccccc5)c5ccccc5)[nH]c4C3)N1C1=CCC(C(C)(C)C)C=C1)CC=2)(C1=CCCC=C1)c1ccccc1. The molecule has 5 heterocycles. The average molecular weight is 1010 g/mol. The maximum Gasteiger partial charge on any atom is 0.238 e. The topological polar surface area (TPSA) is 101 Å². The van der Waals surface area contributed by atoms with Crippen LogP contribution in [-0.4, -0.2) is 71.6 Å². The second kappa shape index (κ2) is 18.8. The number of amides is 2. The number of rotatable bonds is 11. The van der Waals surface area contributed by atoms with Crippen LogP contribution < -0.4 is 10.7 Å². The number of carbonyl (C=O) groups excluding carboxylic acids is 2. The summed E-state index contributed by atoms with van der Waals surface area (Å²) in [4.78, 5) is 56.0. The molecule has 0 radical (unpaired) electrons. The molecule has 0 bridgehead atoms. The van der Waals surface area contributed by atoms with Crippen LogP contribution in [0.5, 0.6) is 0 Å². The summed E-state index contributed by atoms with van der Waals surface area (Å²) >= 11 is 0. The number of H-pyrrole nitrogens is 2. The van der Waals surface area contributed by atoms with Crippen LogP contribution in [0.1, 0.15) is 145 Å². The third-order valence-corrected chi connectivity index (χ3v) is 19.7. The molecule has 2 N–H and O–H groups in total. The summed E-state index contributed by atoms with van der Waals surface area (Å²) < 4.78 is 0. The van der Waals surface area contributed by atoms with Crippen molar-refractivity contribution in [2.75, 3.05) is 13.1 Å². The minimum Gasteiger partial charge on any atom is -0.365 e. The van der Waals surface area contributed by atoms with E-state index in [1.54, 1.807) is 0 Å². The van der Waals surface area contributed by atoms with E-state index in [-0.39, 0.29) is 23.3 Å². The fourth-order valence-electron chi connectivity index (χ4n) is 15.0. The van der Waals surface area contributed by atoms with Crippen molar-refractivity contribution in [3.8, 4) is 0 Å². The lowest BCUT2D eigenvalue weighted by Gasteiger charge is -2.41. The van der Waals surface area contributed by atoms with E-state index in [4.69, 9.17) is 9.97 Å². The van der Waals surface area contributed by atoms with Crippen molar-refractivity contribution in [1.29, 1.82) is 0 Å². The Morgan fingerprint density at radius 1 is 0.671 bits per heavy atom.